The zero-order chi connectivity index (χ0) is 31.3. The van der Waals surface area contributed by atoms with Crippen LogP contribution in [0.2, 0.25) is 13.1 Å². The number of benzene rings is 6. The van der Waals surface area contributed by atoms with Crippen LogP contribution in [0.5, 0.6) is 0 Å². The average molecular weight is 620 g/mol. The van der Waals surface area contributed by atoms with E-state index in [1.54, 1.807) is 0 Å². The van der Waals surface area contributed by atoms with E-state index in [0.29, 0.717) is 0 Å². The molecule has 0 atom stereocenters. The molecule has 6 aromatic carbocycles. The molecule has 1 aliphatic rings. The van der Waals surface area contributed by atoms with Gasteiger partial charge < -0.3 is 8.98 Å². The molecule has 0 saturated heterocycles. The molecule has 3 aromatic heterocycles. The van der Waals surface area contributed by atoms with Crippen LogP contribution >= 0.6 is 0 Å². The lowest BCUT2D eigenvalue weighted by molar-refractivity contribution is 0.669. The van der Waals surface area contributed by atoms with Crippen LogP contribution in [-0.2, 0) is 0 Å². The van der Waals surface area contributed by atoms with Crippen molar-refractivity contribution in [2.24, 2.45) is 0 Å². The number of aromatic nitrogens is 3. The van der Waals surface area contributed by atoms with Gasteiger partial charge in [-0.2, -0.15) is 0 Å². The highest BCUT2D eigenvalue weighted by Crippen LogP contribution is 2.39. The molecule has 1 aliphatic heterocycles. The zero-order valence-corrected chi connectivity index (χ0v) is 27.0. The molecule has 47 heavy (non-hydrogen) atoms. The second-order valence-electron chi connectivity index (χ2n) is 13.0. The minimum absolute atomic E-state index is 0.772. The summed E-state index contributed by atoms with van der Waals surface area (Å²) in [6.45, 7) is 4.82. The fourth-order valence-corrected chi connectivity index (χ4v) is 10.6. The predicted octanol–water partition coefficient (Wildman–Crippen LogP) is 9.61. The second-order valence-corrected chi connectivity index (χ2v) is 17.3. The number of nitrogens with zero attached hydrogens (tertiary/aromatic N) is 3. The van der Waals surface area contributed by atoms with E-state index in [1.165, 1.54) is 32.4 Å². The minimum Gasteiger partial charge on any atom is -0.456 e. The van der Waals surface area contributed by atoms with Gasteiger partial charge in [0, 0.05) is 55.3 Å². The summed E-state index contributed by atoms with van der Waals surface area (Å²) in [4.78, 5) is 10.6. The van der Waals surface area contributed by atoms with Crippen LogP contribution in [0.4, 0.5) is 0 Å². The lowest BCUT2D eigenvalue weighted by atomic mass is 10.0. The fraction of sp³-hybridized carbons (Fsp3) is 0.0476. The van der Waals surface area contributed by atoms with Gasteiger partial charge in [0.1, 0.15) is 19.2 Å². The van der Waals surface area contributed by atoms with Gasteiger partial charge in [0.05, 0.1) is 16.7 Å². The van der Waals surface area contributed by atoms with Crippen molar-refractivity contribution in [2.45, 2.75) is 13.1 Å². The molecule has 0 aliphatic carbocycles. The molecule has 0 amide bonds. The first kappa shape index (κ1) is 26.4. The van der Waals surface area contributed by atoms with Gasteiger partial charge in [-0.3, -0.25) is 0 Å². The van der Waals surface area contributed by atoms with Crippen molar-refractivity contribution in [1.82, 2.24) is 14.5 Å². The molecule has 222 valence electrons. The van der Waals surface area contributed by atoms with Gasteiger partial charge in [0.15, 0.2) is 5.82 Å². The average Bonchev–Trinajstić information content (AvgIpc) is 3.72. The largest absolute Gasteiger partial charge is 0.456 e. The number of para-hydroxylation sites is 2. The molecule has 0 unspecified atom stereocenters. The van der Waals surface area contributed by atoms with Crippen molar-refractivity contribution in [3.05, 3.63) is 140 Å². The van der Waals surface area contributed by atoms with E-state index in [1.807, 2.05) is 12.1 Å². The van der Waals surface area contributed by atoms with Gasteiger partial charge in [-0.05, 0) is 53.2 Å². The van der Waals surface area contributed by atoms with Gasteiger partial charge in [0.25, 0.3) is 0 Å². The first-order valence-corrected chi connectivity index (χ1v) is 19.1. The van der Waals surface area contributed by atoms with Crippen molar-refractivity contribution in [1.29, 1.82) is 0 Å². The van der Waals surface area contributed by atoms with E-state index in [2.05, 4.69) is 145 Å². The summed E-state index contributed by atoms with van der Waals surface area (Å²) in [6.07, 6.45) is 0. The monoisotopic (exact) mass is 619 g/mol. The SMILES string of the molecule is C[Si]1(C)c2ccccc2-c2c(-c3ccccc3)nc(-c3ccc(-n4c5ccccc5c5cc6c(cc54)oc4ccccc46)cc3)nc21. The maximum absolute atomic E-state index is 6.32. The number of fused-ring (bicyclic) bond motifs is 9. The number of hydrogen-bond acceptors (Lipinski definition) is 3. The summed E-state index contributed by atoms with van der Waals surface area (Å²) >= 11 is 0. The summed E-state index contributed by atoms with van der Waals surface area (Å²) in [6, 6.07) is 49.5. The van der Waals surface area contributed by atoms with Crippen molar-refractivity contribution >= 4 is 62.3 Å². The van der Waals surface area contributed by atoms with Gasteiger partial charge in [-0.15, -0.1) is 0 Å². The summed E-state index contributed by atoms with van der Waals surface area (Å²) in [7, 11) is -2.02. The van der Waals surface area contributed by atoms with Crippen LogP contribution in [-0.4, -0.2) is 22.6 Å². The first-order chi connectivity index (χ1) is 23.1. The highest BCUT2D eigenvalue weighted by Gasteiger charge is 2.41. The maximum atomic E-state index is 6.32. The highest BCUT2D eigenvalue weighted by molar-refractivity contribution is 7.03. The zero-order valence-electron chi connectivity index (χ0n) is 26.0. The van der Waals surface area contributed by atoms with E-state index in [0.717, 1.165) is 61.3 Å². The lowest BCUT2D eigenvalue weighted by Gasteiger charge is -2.19. The van der Waals surface area contributed by atoms with Crippen molar-refractivity contribution in [2.75, 3.05) is 0 Å². The number of hydrogen-bond donors (Lipinski definition) is 0. The molecule has 0 saturated carbocycles. The van der Waals surface area contributed by atoms with E-state index in [4.69, 9.17) is 14.4 Å². The molecule has 5 heteroatoms. The van der Waals surface area contributed by atoms with Crippen LogP contribution in [0.15, 0.2) is 144 Å². The normalized spacial score (nSPS) is 13.5. The molecule has 0 spiro atoms. The third kappa shape index (κ3) is 3.75. The Labute approximate surface area is 272 Å². The first-order valence-electron chi connectivity index (χ1n) is 16.1. The summed E-state index contributed by atoms with van der Waals surface area (Å²) in [5, 5.41) is 7.36. The predicted molar refractivity (Wildman–Crippen MR) is 197 cm³/mol. The number of rotatable bonds is 3. The molecule has 0 N–H and O–H groups in total. The molecule has 0 bridgehead atoms. The highest BCUT2D eigenvalue weighted by atomic mass is 28.3. The Bertz CT molecular complexity index is 2700. The maximum Gasteiger partial charge on any atom is 0.159 e. The quantitative estimate of drug-likeness (QED) is 0.185. The summed E-state index contributed by atoms with van der Waals surface area (Å²) in [5.74, 6) is 0.772. The molecule has 4 nitrogen and oxygen atoms in total. The standard InChI is InChI=1S/C42H29N3OSi/c1-47(2)38-19-11-8-16-31(38)39-40(26-12-4-3-5-13-26)43-41(44-42(39)47)27-20-22-28(23-21-27)45-34-17-9-6-14-29(34)32-24-33-30-15-7-10-18-36(30)46-37(33)25-35(32)45/h3-25H,1-2H3. The van der Waals surface area contributed by atoms with Crippen LogP contribution in [0, 0.1) is 0 Å². The Kier molecular flexibility index (Phi) is 5.41. The smallest absolute Gasteiger partial charge is 0.159 e. The van der Waals surface area contributed by atoms with E-state index < -0.39 is 8.07 Å². The Morgan fingerprint density at radius 2 is 1.28 bits per heavy atom. The molecule has 9 aromatic rings. The lowest BCUT2D eigenvalue weighted by Crippen LogP contribution is -2.50. The molecular formula is C42H29N3OSi. The van der Waals surface area contributed by atoms with Crippen molar-refractivity contribution in [3.63, 3.8) is 0 Å². The topological polar surface area (TPSA) is 43.9 Å². The Hall–Kier alpha value is -5.78. The van der Waals surface area contributed by atoms with Crippen molar-refractivity contribution < 1.29 is 4.42 Å². The van der Waals surface area contributed by atoms with Crippen LogP contribution in [0.3, 0.4) is 0 Å². The summed E-state index contributed by atoms with van der Waals surface area (Å²) < 4.78 is 8.66. The van der Waals surface area contributed by atoms with E-state index >= 15 is 0 Å². The molecule has 0 fully saturated rings. The van der Waals surface area contributed by atoms with Crippen molar-refractivity contribution in [3.8, 4) is 39.5 Å². The Morgan fingerprint density at radius 3 is 2.13 bits per heavy atom. The van der Waals surface area contributed by atoms with E-state index in [9.17, 15) is 0 Å². The second kappa shape index (κ2) is 9.61. The third-order valence-electron chi connectivity index (χ3n) is 9.97. The Morgan fingerprint density at radius 1 is 0.553 bits per heavy atom. The molecule has 0 radical (unpaired) electrons. The molecular weight excluding hydrogens is 591 g/mol. The van der Waals surface area contributed by atoms with Gasteiger partial charge in [-0.25, -0.2) is 9.97 Å². The number of furan rings is 1. The van der Waals surface area contributed by atoms with Crippen LogP contribution < -0.4 is 10.5 Å². The molecule has 4 heterocycles. The third-order valence-corrected chi connectivity index (χ3v) is 13.3. The van der Waals surface area contributed by atoms with Crippen LogP contribution in [0.1, 0.15) is 0 Å². The minimum atomic E-state index is -2.02. The van der Waals surface area contributed by atoms with Gasteiger partial charge in [-0.1, -0.05) is 104 Å². The molecule has 10 rings (SSSR count). The fourth-order valence-electron chi connectivity index (χ4n) is 7.70. The van der Waals surface area contributed by atoms with Gasteiger partial charge >= 0.3 is 0 Å². The van der Waals surface area contributed by atoms with E-state index in [-0.39, 0.29) is 0 Å². The van der Waals surface area contributed by atoms with Crippen LogP contribution in [0.25, 0.3) is 83.2 Å². The van der Waals surface area contributed by atoms with Gasteiger partial charge in [0.2, 0.25) is 0 Å². The summed E-state index contributed by atoms with van der Waals surface area (Å²) in [5.41, 5.74) is 10.8. The Balaban J connectivity index is 1.16.